The third-order valence-electron chi connectivity index (χ3n) is 13.1. The summed E-state index contributed by atoms with van der Waals surface area (Å²) in [6.45, 7) is 21.5. The van der Waals surface area contributed by atoms with Crippen molar-refractivity contribution in [1.82, 2.24) is 19.5 Å². The number of halogens is 2. The van der Waals surface area contributed by atoms with E-state index >= 15 is 8.78 Å². The van der Waals surface area contributed by atoms with Crippen molar-refractivity contribution in [3.63, 3.8) is 0 Å². The second kappa shape index (κ2) is 16.1. The van der Waals surface area contributed by atoms with Gasteiger partial charge in [0.2, 0.25) is 0 Å². The van der Waals surface area contributed by atoms with Crippen molar-refractivity contribution < 1.29 is 22.5 Å². The zero-order valence-corrected chi connectivity index (χ0v) is 38.4. The number of anilines is 1. The van der Waals surface area contributed by atoms with Crippen molar-refractivity contribution in [2.24, 2.45) is 0 Å². The first-order valence-corrected chi connectivity index (χ1v) is 23.5. The normalized spacial score (nSPS) is 17.0. The summed E-state index contributed by atoms with van der Waals surface area (Å²) >= 11 is 0. The van der Waals surface area contributed by atoms with E-state index in [4.69, 9.17) is 23.7 Å². The number of aromatic nitrogens is 4. The monoisotopic (exact) mass is 855 g/mol. The lowest BCUT2D eigenvalue weighted by atomic mass is 9.67. The minimum atomic E-state index is -3.33. The number of rotatable bonds is 9. The molecule has 0 atom stereocenters. The van der Waals surface area contributed by atoms with Crippen LogP contribution < -0.4 is 25.4 Å². The first-order chi connectivity index (χ1) is 29.3. The fourth-order valence-electron chi connectivity index (χ4n) is 9.11. The number of aryl methyl sites for hydroxylation is 1. The lowest BCUT2D eigenvalue weighted by Gasteiger charge is -2.43. The molecule has 0 amide bonds. The van der Waals surface area contributed by atoms with Gasteiger partial charge in [0.15, 0.2) is 11.5 Å². The maximum atomic E-state index is 17.3. The summed E-state index contributed by atoms with van der Waals surface area (Å²) in [5.74, 6) is -0.989. The maximum absolute atomic E-state index is 17.3. The zero-order chi connectivity index (χ0) is 44.4. The average Bonchev–Trinajstić information content (AvgIpc) is 3.45. The molecule has 8 rings (SSSR count). The van der Waals surface area contributed by atoms with E-state index in [9.17, 15) is 4.79 Å². The molecule has 322 valence electrons. The van der Waals surface area contributed by atoms with Crippen LogP contribution in [0.2, 0.25) is 10.9 Å². The lowest BCUT2D eigenvalue weighted by Crippen LogP contribution is -2.68. The molecule has 9 nitrogen and oxygen atoms in total. The van der Waals surface area contributed by atoms with Crippen LogP contribution in [0.15, 0.2) is 102 Å². The van der Waals surface area contributed by atoms with Gasteiger partial charge in [0.1, 0.15) is 23.1 Å². The van der Waals surface area contributed by atoms with E-state index < -0.39 is 41.9 Å². The van der Waals surface area contributed by atoms with Gasteiger partial charge in [-0.15, -0.1) is 0 Å². The Labute approximate surface area is 364 Å². The first-order valence-electron chi connectivity index (χ1n) is 21.6. The highest BCUT2D eigenvalue weighted by atomic mass is 28.4. The maximum Gasteiger partial charge on any atom is 0.461 e. The summed E-state index contributed by atoms with van der Waals surface area (Å²) in [5.41, 5.74) is 0.147. The summed E-state index contributed by atoms with van der Waals surface area (Å²) in [6.07, 6.45) is 3.11. The molecule has 2 saturated heterocycles. The van der Waals surface area contributed by atoms with E-state index in [1.165, 1.54) is 16.7 Å². The van der Waals surface area contributed by atoms with Crippen molar-refractivity contribution in [1.29, 1.82) is 0 Å². The fourth-order valence-corrected chi connectivity index (χ4v) is 13.5. The van der Waals surface area contributed by atoms with Gasteiger partial charge in [-0.25, -0.2) is 23.1 Å². The molecule has 3 aromatic heterocycles. The third-order valence-corrected chi connectivity index (χ3v) is 18.0. The van der Waals surface area contributed by atoms with E-state index in [1.807, 2.05) is 120 Å². The minimum absolute atomic E-state index is 0.0847. The van der Waals surface area contributed by atoms with Gasteiger partial charge in [0.25, 0.3) is 0 Å². The topological polar surface area (TPSA) is 91.6 Å². The smallest absolute Gasteiger partial charge is 0.461 e. The second-order valence-corrected chi connectivity index (χ2v) is 23.3. The second-order valence-electron chi connectivity index (χ2n) is 19.1. The molecule has 3 aromatic carbocycles. The Balaban J connectivity index is 1.32. The molecule has 13 heteroatoms. The van der Waals surface area contributed by atoms with Gasteiger partial charge in [0, 0.05) is 19.3 Å². The Kier molecular flexibility index (Phi) is 11.3. The highest BCUT2D eigenvalue weighted by molar-refractivity contribution is 7.00. The molecule has 0 saturated carbocycles. The number of nitrogens with zero attached hydrogens (tertiary/aromatic N) is 5. The Morgan fingerprint density at radius 1 is 0.839 bits per heavy atom. The predicted molar refractivity (Wildman–Crippen MR) is 247 cm³/mol. The Bertz CT molecular complexity index is 2630. The Morgan fingerprint density at radius 2 is 1.44 bits per heavy atom. The number of hydrogen-bond acceptors (Lipinski definition) is 8. The fraction of sp³-hybridized carbons (Fsp3) is 0.388. The SMILES string of the molecule is Cc1ccnc(C(C)C)c1-n1c(=O)nc(N2CCC(B3OC(C)(C)C(C)(C)O3)CC2)c2cc(F)c(-c3c(F)cccc3O[Si](c3ccccc3)(c3ccccc3)C(C)(C)C)nc21. The zero-order valence-electron chi connectivity index (χ0n) is 37.4. The van der Waals surface area contributed by atoms with Crippen molar-refractivity contribution in [3.8, 4) is 22.7 Å². The summed E-state index contributed by atoms with van der Waals surface area (Å²) in [6, 6.07) is 27.7. The lowest BCUT2D eigenvalue weighted by molar-refractivity contribution is 0.00578. The molecule has 6 aromatic rings. The van der Waals surface area contributed by atoms with Gasteiger partial charge < -0.3 is 18.6 Å². The molecule has 0 aliphatic carbocycles. The minimum Gasteiger partial charge on any atom is -0.533 e. The van der Waals surface area contributed by atoms with Gasteiger partial charge in [-0.05, 0) is 104 Å². The largest absolute Gasteiger partial charge is 0.533 e. The predicted octanol–water partition coefficient (Wildman–Crippen LogP) is 9.55. The summed E-state index contributed by atoms with van der Waals surface area (Å²) in [7, 11) is -3.70. The molecule has 0 radical (unpaired) electrons. The van der Waals surface area contributed by atoms with Crippen LogP contribution in [0, 0.1) is 18.6 Å². The van der Waals surface area contributed by atoms with E-state index in [1.54, 1.807) is 18.3 Å². The van der Waals surface area contributed by atoms with E-state index in [2.05, 4.69) is 25.8 Å². The van der Waals surface area contributed by atoms with Crippen molar-refractivity contribution in [3.05, 3.63) is 131 Å². The number of pyridine rings is 2. The molecule has 0 spiro atoms. The molecule has 0 bridgehead atoms. The van der Waals surface area contributed by atoms with Gasteiger partial charge in [-0.2, -0.15) is 4.98 Å². The molecule has 0 N–H and O–H groups in total. The summed E-state index contributed by atoms with van der Waals surface area (Å²) in [4.78, 5) is 31.0. The van der Waals surface area contributed by atoms with Gasteiger partial charge in [-0.3, -0.25) is 4.98 Å². The summed E-state index contributed by atoms with van der Waals surface area (Å²) in [5, 5.41) is 1.79. The van der Waals surface area contributed by atoms with Crippen LogP contribution in [-0.2, 0) is 9.31 Å². The third kappa shape index (κ3) is 7.45. The van der Waals surface area contributed by atoms with Crippen molar-refractivity contribution >= 4 is 42.7 Å². The van der Waals surface area contributed by atoms with E-state index in [-0.39, 0.29) is 41.5 Å². The molecule has 2 aliphatic rings. The molecule has 2 aliphatic heterocycles. The van der Waals surface area contributed by atoms with Crippen LogP contribution in [0.1, 0.15) is 92.3 Å². The average molecular weight is 856 g/mol. The molecule has 0 unspecified atom stereocenters. The van der Waals surface area contributed by atoms with Crippen LogP contribution in [0.5, 0.6) is 5.75 Å². The quantitative estimate of drug-likeness (QED) is 0.133. The number of benzene rings is 3. The highest BCUT2D eigenvalue weighted by Crippen LogP contribution is 2.45. The van der Waals surface area contributed by atoms with Crippen LogP contribution in [-0.4, -0.2) is 59.2 Å². The van der Waals surface area contributed by atoms with Crippen LogP contribution >= 0.6 is 0 Å². The first kappa shape index (κ1) is 43.4. The summed E-state index contributed by atoms with van der Waals surface area (Å²) < 4.78 is 55.7. The van der Waals surface area contributed by atoms with Crippen LogP contribution in [0.3, 0.4) is 0 Å². The Hall–Kier alpha value is -5.24. The molecular formula is C49H56BF2N5O4Si. The van der Waals surface area contributed by atoms with Gasteiger partial charge >= 0.3 is 21.1 Å². The highest BCUT2D eigenvalue weighted by Gasteiger charge is 2.54. The van der Waals surface area contributed by atoms with Gasteiger partial charge in [0.05, 0.1) is 33.5 Å². The van der Waals surface area contributed by atoms with Crippen molar-refractivity contribution in [2.75, 3.05) is 18.0 Å². The van der Waals surface area contributed by atoms with E-state index in [0.29, 0.717) is 48.5 Å². The van der Waals surface area contributed by atoms with Gasteiger partial charge in [-0.1, -0.05) is 101 Å². The van der Waals surface area contributed by atoms with E-state index in [0.717, 1.165) is 15.9 Å². The number of piperidine rings is 1. The number of hydrogen-bond donors (Lipinski definition) is 0. The Morgan fingerprint density at radius 3 is 2.00 bits per heavy atom. The molecule has 5 heterocycles. The molecule has 2 fully saturated rings. The van der Waals surface area contributed by atoms with Crippen LogP contribution in [0.4, 0.5) is 14.6 Å². The molecular weight excluding hydrogens is 799 g/mol. The standard InChI is InChI=1S/C49H56BF2N5O4Si/c1-31(2)41-43(32(3)24-27-53-41)57-45-36(44(55-46(57)58)56-28-25-33(26-29-56)50-60-48(7,8)49(9,10)61-50)30-38(52)42(54-45)40-37(51)22-17-23-39(40)59-62(47(4,5)6,34-18-13-11-14-19-34)35-20-15-12-16-21-35/h11-24,27,30-31,33H,25-26,28-29H2,1-10H3. The number of fused-ring (bicyclic) bond motifs is 1. The van der Waals surface area contributed by atoms with Crippen LogP contribution in [0.25, 0.3) is 28.0 Å². The van der Waals surface area contributed by atoms with Crippen molar-refractivity contribution in [2.45, 2.75) is 110 Å². The molecule has 62 heavy (non-hydrogen) atoms.